The molecule has 0 fully saturated rings. The number of aromatic nitrogens is 5. The number of aryl methyl sites for hydroxylation is 1. The average molecular weight is 494 g/mol. The zero-order valence-electron chi connectivity index (χ0n) is 19.9. The van der Waals surface area contributed by atoms with Gasteiger partial charge in [0, 0.05) is 29.1 Å². The Morgan fingerprint density at radius 2 is 1.84 bits per heavy atom. The van der Waals surface area contributed by atoms with Gasteiger partial charge in [0.15, 0.2) is 17.4 Å². The van der Waals surface area contributed by atoms with Gasteiger partial charge < -0.3 is 21.5 Å². The van der Waals surface area contributed by atoms with E-state index >= 15 is 0 Å². The molecule has 5 aromatic rings. The number of nitrogens with one attached hydrogen (secondary N) is 1. The number of aliphatic imine (C=N–C) groups is 1. The molecule has 0 saturated heterocycles. The minimum absolute atomic E-state index is 0.0313. The van der Waals surface area contributed by atoms with Crippen LogP contribution in [0.25, 0.3) is 16.9 Å². The number of nitrogens with zero attached hydrogens (tertiary/aromatic N) is 6. The van der Waals surface area contributed by atoms with E-state index < -0.39 is 5.97 Å². The van der Waals surface area contributed by atoms with Gasteiger partial charge >= 0.3 is 5.97 Å². The molecule has 0 unspecified atom stereocenters. The summed E-state index contributed by atoms with van der Waals surface area (Å²) in [5, 5.41) is 15.6. The summed E-state index contributed by atoms with van der Waals surface area (Å²) in [6.07, 6.45) is 1.38. The Labute approximate surface area is 211 Å². The van der Waals surface area contributed by atoms with Crippen LogP contribution in [-0.4, -0.2) is 36.7 Å². The predicted octanol–water partition coefficient (Wildman–Crippen LogP) is 3.49. The van der Waals surface area contributed by atoms with Crippen molar-refractivity contribution in [2.45, 2.75) is 13.5 Å². The maximum Gasteiger partial charge on any atom is 0.343 e. The Bertz CT molecular complexity index is 1600. The normalized spacial score (nSPS) is 11.4. The predicted molar refractivity (Wildman–Crippen MR) is 140 cm³/mol. The van der Waals surface area contributed by atoms with E-state index in [0.29, 0.717) is 22.7 Å². The standard InChI is InChI=1S/C26H23N9O2/c1-16-13-23-29-14-19(24(27)35(23)34-16)25(36)37-15-18-9-5-6-10-20(18)30-26(28)31-22-12-11-21(32-33-22)17-7-3-2-4-8-17/h2-14H,15,27H2,1H3,(H3,28,30,31,33). The van der Waals surface area contributed by atoms with Crippen LogP contribution in [0.4, 0.5) is 17.3 Å². The first-order chi connectivity index (χ1) is 18.0. The molecular weight excluding hydrogens is 470 g/mol. The Kier molecular flexibility index (Phi) is 6.41. The minimum atomic E-state index is -0.620. The van der Waals surface area contributed by atoms with E-state index in [-0.39, 0.29) is 23.9 Å². The van der Waals surface area contributed by atoms with Gasteiger partial charge in [0.2, 0.25) is 0 Å². The average Bonchev–Trinajstić information content (AvgIpc) is 3.30. The summed E-state index contributed by atoms with van der Waals surface area (Å²) < 4.78 is 6.91. The lowest BCUT2D eigenvalue weighted by Gasteiger charge is -2.12. The highest BCUT2D eigenvalue weighted by molar-refractivity contribution is 5.95. The maximum absolute atomic E-state index is 12.7. The number of nitrogen functional groups attached to an aromatic ring is 1. The molecular formula is C26H23N9O2. The summed E-state index contributed by atoms with van der Waals surface area (Å²) in [4.78, 5) is 21.2. The molecule has 0 bridgehead atoms. The van der Waals surface area contributed by atoms with Gasteiger partial charge in [-0.05, 0) is 25.1 Å². The number of hydrogen-bond donors (Lipinski definition) is 3. The van der Waals surface area contributed by atoms with E-state index in [0.717, 1.165) is 17.0 Å². The number of nitrogens with two attached hydrogens (primary N) is 2. The third kappa shape index (κ3) is 5.20. The lowest BCUT2D eigenvalue weighted by atomic mass is 10.1. The molecule has 0 radical (unpaired) electrons. The number of rotatable bonds is 6. The van der Waals surface area contributed by atoms with Gasteiger partial charge in [-0.1, -0.05) is 48.5 Å². The van der Waals surface area contributed by atoms with E-state index in [1.807, 2.05) is 55.5 Å². The molecule has 3 aromatic heterocycles. The maximum atomic E-state index is 12.7. The third-order valence-electron chi connectivity index (χ3n) is 5.46. The number of guanidine groups is 1. The lowest BCUT2D eigenvalue weighted by molar-refractivity contribution is 0.0474. The van der Waals surface area contributed by atoms with Crippen molar-refractivity contribution in [1.82, 2.24) is 24.8 Å². The Balaban J connectivity index is 1.27. The second kappa shape index (κ2) is 10.1. The van der Waals surface area contributed by atoms with E-state index in [1.54, 1.807) is 24.3 Å². The Morgan fingerprint density at radius 3 is 2.62 bits per heavy atom. The van der Waals surface area contributed by atoms with Crippen molar-refractivity contribution in [3.63, 3.8) is 0 Å². The molecule has 0 aliphatic carbocycles. The number of benzene rings is 2. The molecule has 11 heteroatoms. The molecule has 3 heterocycles. The molecule has 2 aromatic carbocycles. The van der Waals surface area contributed by atoms with Gasteiger partial charge in [0.25, 0.3) is 0 Å². The first-order valence-electron chi connectivity index (χ1n) is 11.3. The number of anilines is 2. The molecule has 37 heavy (non-hydrogen) atoms. The monoisotopic (exact) mass is 493 g/mol. The van der Waals surface area contributed by atoms with Gasteiger partial charge in [-0.2, -0.15) is 14.6 Å². The quantitative estimate of drug-likeness (QED) is 0.183. The summed E-state index contributed by atoms with van der Waals surface area (Å²) in [7, 11) is 0. The summed E-state index contributed by atoms with van der Waals surface area (Å²) in [6, 6.07) is 22.3. The van der Waals surface area contributed by atoms with Crippen molar-refractivity contribution in [3.05, 3.63) is 95.8 Å². The second-order valence-corrected chi connectivity index (χ2v) is 8.11. The zero-order chi connectivity index (χ0) is 25.8. The van der Waals surface area contributed by atoms with Crippen molar-refractivity contribution in [3.8, 4) is 11.3 Å². The van der Waals surface area contributed by atoms with Crippen molar-refractivity contribution in [2.24, 2.45) is 10.7 Å². The smallest absolute Gasteiger partial charge is 0.343 e. The van der Waals surface area contributed by atoms with Crippen LogP contribution in [0.3, 0.4) is 0 Å². The van der Waals surface area contributed by atoms with Gasteiger partial charge in [-0.3, -0.25) is 0 Å². The zero-order valence-corrected chi connectivity index (χ0v) is 19.9. The van der Waals surface area contributed by atoms with Crippen LogP contribution < -0.4 is 16.8 Å². The highest BCUT2D eigenvalue weighted by Gasteiger charge is 2.17. The van der Waals surface area contributed by atoms with Crippen LogP contribution in [0.1, 0.15) is 21.6 Å². The van der Waals surface area contributed by atoms with Gasteiger partial charge in [-0.25, -0.2) is 9.78 Å². The molecule has 0 atom stereocenters. The fourth-order valence-electron chi connectivity index (χ4n) is 3.65. The largest absolute Gasteiger partial charge is 0.457 e. The Hall–Kier alpha value is -5.32. The van der Waals surface area contributed by atoms with Crippen molar-refractivity contribution < 1.29 is 9.53 Å². The van der Waals surface area contributed by atoms with Gasteiger partial charge in [0.05, 0.1) is 11.4 Å². The second-order valence-electron chi connectivity index (χ2n) is 8.11. The molecule has 11 nitrogen and oxygen atoms in total. The van der Waals surface area contributed by atoms with Crippen LogP contribution in [0.2, 0.25) is 0 Å². The fourth-order valence-corrected chi connectivity index (χ4v) is 3.65. The summed E-state index contributed by atoms with van der Waals surface area (Å²) in [5.41, 5.74) is 16.6. The molecule has 0 saturated carbocycles. The van der Waals surface area contributed by atoms with Crippen molar-refractivity contribution >= 4 is 34.9 Å². The van der Waals surface area contributed by atoms with E-state index in [2.05, 4.69) is 30.6 Å². The molecule has 0 amide bonds. The highest BCUT2D eigenvalue weighted by Crippen LogP contribution is 2.20. The van der Waals surface area contributed by atoms with Gasteiger partial charge in [0.1, 0.15) is 18.0 Å². The van der Waals surface area contributed by atoms with Crippen LogP contribution in [0, 0.1) is 6.92 Å². The fraction of sp³-hybridized carbons (Fsp3) is 0.0769. The molecule has 0 aliphatic heterocycles. The number of carbonyl (C=O) groups is 1. The number of fused-ring (bicyclic) bond motifs is 1. The van der Waals surface area contributed by atoms with Crippen LogP contribution in [0.15, 0.2) is 84.0 Å². The topological polar surface area (TPSA) is 159 Å². The van der Waals surface area contributed by atoms with Crippen molar-refractivity contribution in [2.75, 3.05) is 11.1 Å². The minimum Gasteiger partial charge on any atom is -0.457 e. The van der Waals surface area contributed by atoms with Crippen LogP contribution in [-0.2, 0) is 11.3 Å². The van der Waals surface area contributed by atoms with E-state index in [9.17, 15) is 4.79 Å². The number of carbonyl (C=O) groups excluding carboxylic acids is 1. The van der Waals surface area contributed by atoms with Crippen LogP contribution >= 0.6 is 0 Å². The molecule has 0 spiro atoms. The van der Waals surface area contributed by atoms with Gasteiger partial charge in [-0.15, -0.1) is 10.2 Å². The summed E-state index contributed by atoms with van der Waals surface area (Å²) >= 11 is 0. The Morgan fingerprint density at radius 1 is 1.05 bits per heavy atom. The summed E-state index contributed by atoms with van der Waals surface area (Å²) in [5.74, 6) is -0.00939. The van der Waals surface area contributed by atoms with Crippen molar-refractivity contribution in [1.29, 1.82) is 0 Å². The lowest BCUT2D eigenvalue weighted by Crippen LogP contribution is -2.23. The van der Waals surface area contributed by atoms with Crippen LogP contribution in [0.5, 0.6) is 0 Å². The molecule has 0 aliphatic rings. The SMILES string of the molecule is Cc1cc2ncc(C(=O)OCc3ccccc3NC(N)=Nc3ccc(-c4ccccc4)nn3)c(N)n2n1. The third-order valence-corrected chi connectivity index (χ3v) is 5.46. The molecule has 5 rings (SSSR count). The number of esters is 1. The number of para-hydroxylation sites is 1. The highest BCUT2D eigenvalue weighted by atomic mass is 16.5. The van der Waals surface area contributed by atoms with E-state index in [4.69, 9.17) is 16.2 Å². The van der Waals surface area contributed by atoms with E-state index in [1.165, 1.54) is 10.7 Å². The number of hydrogen-bond acceptors (Lipinski definition) is 8. The summed E-state index contributed by atoms with van der Waals surface area (Å²) in [6.45, 7) is 1.79. The first-order valence-corrected chi connectivity index (χ1v) is 11.3. The molecule has 184 valence electrons. The first kappa shape index (κ1) is 23.4. The number of ether oxygens (including phenoxy) is 1. The molecule has 5 N–H and O–H groups in total.